The Hall–Kier alpha value is -2.29. The van der Waals surface area contributed by atoms with Crippen LogP contribution in [0.5, 0.6) is 5.75 Å². The molecule has 0 radical (unpaired) electrons. The second kappa shape index (κ2) is 5.78. The van der Waals surface area contributed by atoms with Crippen LogP contribution in [0.25, 0.3) is 0 Å². The predicted molar refractivity (Wildman–Crippen MR) is 81.4 cm³/mol. The maximum Gasteiger partial charge on any atom is 0.258 e. The molecule has 0 aliphatic heterocycles. The van der Waals surface area contributed by atoms with Crippen LogP contribution in [-0.2, 0) is 6.42 Å². The van der Waals surface area contributed by atoms with Crippen molar-refractivity contribution in [2.75, 3.05) is 11.9 Å². The summed E-state index contributed by atoms with van der Waals surface area (Å²) in [4.78, 5) is 14.1. The number of carbonyl (C=O) groups excluding carboxylic acids is 1. The Morgan fingerprint density at radius 1 is 1.15 bits per heavy atom. The Kier molecular flexibility index (Phi) is 4.08. The summed E-state index contributed by atoms with van der Waals surface area (Å²) in [6.45, 7) is 3.84. The molecule has 0 fully saturated rings. The van der Waals surface area contributed by atoms with E-state index in [0.29, 0.717) is 11.1 Å². The summed E-state index contributed by atoms with van der Waals surface area (Å²) in [7, 11) is 1.74. The lowest BCUT2D eigenvalue weighted by Gasteiger charge is -2.19. The van der Waals surface area contributed by atoms with Gasteiger partial charge < -0.3 is 10.0 Å². The molecule has 0 aromatic heterocycles. The lowest BCUT2D eigenvalue weighted by atomic mass is 10.1. The molecule has 20 heavy (non-hydrogen) atoms. The van der Waals surface area contributed by atoms with Gasteiger partial charge in [-0.15, -0.1) is 0 Å². The zero-order chi connectivity index (χ0) is 14.7. The summed E-state index contributed by atoms with van der Waals surface area (Å²) >= 11 is 0. The van der Waals surface area contributed by atoms with Crippen molar-refractivity contribution >= 4 is 11.6 Å². The topological polar surface area (TPSA) is 40.5 Å². The molecule has 2 aromatic rings. The molecule has 2 aromatic carbocycles. The van der Waals surface area contributed by atoms with Gasteiger partial charge in [-0.3, -0.25) is 4.79 Å². The van der Waals surface area contributed by atoms with Crippen molar-refractivity contribution in [2.45, 2.75) is 20.3 Å². The van der Waals surface area contributed by atoms with E-state index in [4.69, 9.17) is 0 Å². The normalized spacial score (nSPS) is 10.3. The van der Waals surface area contributed by atoms with Crippen LogP contribution in [0.4, 0.5) is 5.69 Å². The molecule has 2 rings (SSSR count). The van der Waals surface area contributed by atoms with Crippen LogP contribution in [-0.4, -0.2) is 18.1 Å². The second-order valence-corrected chi connectivity index (χ2v) is 4.83. The largest absolute Gasteiger partial charge is 0.508 e. The Labute approximate surface area is 119 Å². The fourth-order valence-corrected chi connectivity index (χ4v) is 2.11. The summed E-state index contributed by atoms with van der Waals surface area (Å²) in [5.41, 5.74) is 3.21. The predicted octanol–water partition coefficient (Wildman–Crippen LogP) is 3.54. The number of aryl methyl sites for hydroxylation is 1. The quantitative estimate of drug-likeness (QED) is 0.925. The molecular weight excluding hydrogens is 250 g/mol. The molecule has 3 nitrogen and oxygen atoms in total. The monoisotopic (exact) mass is 269 g/mol. The van der Waals surface area contributed by atoms with Gasteiger partial charge in [0.15, 0.2) is 0 Å². The summed E-state index contributed by atoms with van der Waals surface area (Å²) in [6, 6.07) is 12.9. The number of amides is 1. The van der Waals surface area contributed by atoms with Crippen LogP contribution in [0.3, 0.4) is 0 Å². The number of nitrogens with zero attached hydrogens (tertiary/aromatic N) is 1. The Morgan fingerprint density at radius 2 is 1.80 bits per heavy atom. The lowest BCUT2D eigenvalue weighted by molar-refractivity contribution is 0.0992. The first-order valence-electron chi connectivity index (χ1n) is 6.70. The van der Waals surface area contributed by atoms with E-state index in [1.165, 1.54) is 5.56 Å². The molecule has 0 unspecified atom stereocenters. The first-order valence-corrected chi connectivity index (χ1v) is 6.70. The van der Waals surface area contributed by atoms with Gasteiger partial charge in [0, 0.05) is 23.9 Å². The Balaban J connectivity index is 2.29. The molecule has 0 saturated heterocycles. The number of hydrogen-bond acceptors (Lipinski definition) is 2. The first kappa shape index (κ1) is 14.1. The van der Waals surface area contributed by atoms with E-state index >= 15 is 0 Å². The molecule has 1 amide bonds. The van der Waals surface area contributed by atoms with Crippen LogP contribution in [0.2, 0.25) is 0 Å². The third-order valence-corrected chi connectivity index (χ3v) is 3.57. The third kappa shape index (κ3) is 2.67. The standard InChI is InChI=1S/C17H19NO2/c1-4-13-8-10-14(11-9-13)18(3)17(20)15-6-5-7-16(19)12(15)2/h5-11,19H,4H2,1-3H3. The molecule has 0 bridgehead atoms. The average Bonchev–Trinajstić information content (AvgIpc) is 2.48. The molecular formula is C17H19NO2. The lowest BCUT2D eigenvalue weighted by Crippen LogP contribution is -2.26. The fourth-order valence-electron chi connectivity index (χ4n) is 2.11. The van der Waals surface area contributed by atoms with E-state index in [-0.39, 0.29) is 11.7 Å². The molecule has 1 N–H and O–H groups in total. The summed E-state index contributed by atoms with van der Waals surface area (Å²) < 4.78 is 0. The number of aromatic hydroxyl groups is 1. The molecule has 3 heteroatoms. The average molecular weight is 269 g/mol. The van der Waals surface area contributed by atoms with Gasteiger partial charge in [-0.2, -0.15) is 0 Å². The van der Waals surface area contributed by atoms with Gasteiger partial charge >= 0.3 is 0 Å². The van der Waals surface area contributed by atoms with Crippen LogP contribution >= 0.6 is 0 Å². The smallest absolute Gasteiger partial charge is 0.258 e. The van der Waals surface area contributed by atoms with E-state index in [1.807, 2.05) is 24.3 Å². The number of phenolic OH excluding ortho intramolecular Hbond substituents is 1. The van der Waals surface area contributed by atoms with Crippen molar-refractivity contribution in [1.29, 1.82) is 0 Å². The minimum atomic E-state index is -0.123. The van der Waals surface area contributed by atoms with E-state index < -0.39 is 0 Å². The van der Waals surface area contributed by atoms with Crippen LogP contribution in [0, 0.1) is 6.92 Å². The van der Waals surface area contributed by atoms with Crippen molar-refractivity contribution < 1.29 is 9.90 Å². The minimum absolute atomic E-state index is 0.123. The number of carbonyl (C=O) groups is 1. The van der Waals surface area contributed by atoms with Gasteiger partial charge in [-0.1, -0.05) is 25.1 Å². The Morgan fingerprint density at radius 3 is 2.40 bits per heavy atom. The molecule has 0 spiro atoms. The molecule has 0 aliphatic carbocycles. The fraction of sp³-hybridized carbons (Fsp3) is 0.235. The number of benzene rings is 2. The highest BCUT2D eigenvalue weighted by Gasteiger charge is 2.16. The summed E-state index contributed by atoms with van der Waals surface area (Å²) in [5, 5.41) is 9.70. The number of rotatable bonds is 3. The highest BCUT2D eigenvalue weighted by Crippen LogP contribution is 2.23. The minimum Gasteiger partial charge on any atom is -0.508 e. The van der Waals surface area contributed by atoms with Gasteiger partial charge in [0.05, 0.1) is 0 Å². The molecule has 0 saturated carbocycles. The van der Waals surface area contributed by atoms with Crippen molar-refractivity contribution in [3.63, 3.8) is 0 Å². The van der Waals surface area contributed by atoms with Gasteiger partial charge in [0.1, 0.15) is 5.75 Å². The SMILES string of the molecule is CCc1ccc(N(C)C(=O)c2cccc(O)c2C)cc1. The van der Waals surface area contributed by atoms with Crippen molar-refractivity contribution in [2.24, 2.45) is 0 Å². The highest BCUT2D eigenvalue weighted by atomic mass is 16.3. The van der Waals surface area contributed by atoms with Gasteiger partial charge in [0.2, 0.25) is 0 Å². The first-order chi connectivity index (χ1) is 9.54. The zero-order valence-corrected chi connectivity index (χ0v) is 12.1. The van der Waals surface area contributed by atoms with Crippen molar-refractivity contribution in [1.82, 2.24) is 0 Å². The molecule has 104 valence electrons. The Bertz CT molecular complexity index is 617. The molecule has 0 aliphatic rings. The van der Waals surface area contributed by atoms with Gasteiger partial charge in [0.25, 0.3) is 5.91 Å². The summed E-state index contributed by atoms with van der Waals surface area (Å²) in [6.07, 6.45) is 0.976. The molecule has 0 atom stereocenters. The van der Waals surface area contributed by atoms with Crippen LogP contribution < -0.4 is 4.90 Å². The second-order valence-electron chi connectivity index (χ2n) is 4.83. The van der Waals surface area contributed by atoms with E-state index in [0.717, 1.165) is 12.1 Å². The van der Waals surface area contributed by atoms with Crippen LogP contribution in [0.1, 0.15) is 28.4 Å². The van der Waals surface area contributed by atoms with Crippen LogP contribution in [0.15, 0.2) is 42.5 Å². The number of phenols is 1. The van der Waals surface area contributed by atoms with E-state index in [2.05, 4.69) is 6.92 Å². The maximum absolute atomic E-state index is 12.5. The highest BCUT2D eigenvalue weighted by molar-refractivity contribution is 6.07. The van der Waals surface area contributed by atoms with E-state index in [1.54, 1.807) is 37.1 Å². The van der Waals surface area contributed by atoms with Crippen molar-refractivity contribution in [3.05, 3.63) is 59.2 Å². The maximum atomic E-state index is 12.5. The van der Waals surface area contributed by atoms with Gasteiger partial charge in [-0.25, -0.2) is 0 Å². The third-order valence-electron chi connectivity index (χ3n) is 3.57. The van der Waals surface area contributed by atoms with Gasteiger partial charge in [-0.05, 0) is 43.2 Å². The van der Waals surface area contributed by atoms with Crippen molar-refractivity contribution in [3.8, 4) is 5.75 Å². The summed E-state index contributed by atoms with van der Waals surface area (Å²) in [5.74, 6) is 0.0215. The number of hydrogen-bond donors (Lipinski definition) is 1. The zero-order valence-electron chi connectivity index (χ0n) is 12.1. The number of anilines is 1. The van der Waals surface area contributed by atoms with E-state index in [9.17, 15) is 9.90 Å². The molecule has 0 heterocycles.